The van der Waals surface area contributed by atoms with E-state index in [4.69, 9.17) is 0 Å². The summed E-state index contributed by atoms with van der Waals surface area (Å²) in [6, 6.07) is 20.2. The maximum atomic E-state index is 12.8. The number of nitrogens with zero attached hydrogens (tertiary/aromatic N) is 2. The Kier molecular flexibility index (Phi) is 5.81. The Hall–Kier alpha value is -2.54. The summed E-state index contributed by atoms with van der Waals surface area (Å²) in [5.41, 5.74) is 2.30. The van der Waals surface area contributed by atoms with Crippen LogP contribution in [0.5, 0.6) is 0 Å². The van der Waals surface area contributed by atoms with Crippen LogP contribution < -0.4 is 5.32 Å². The highest BCUT2D eigenvalue weighted by molar-refractivity contribution is 7.19. The van der Waals surface area contributed by atoms with Gasteiger partial charge in [-0.15, -0.1) is 0 Å². The number of carbonyl (C=O) groups excluding carboxylic acids is 1. The van der Waals surface area contributed by atoms with Gasteiger partial charge in [-0.05, 0) is 11.1 Å². The molecule has 0 spiro atoms. The summed E-state index contributed by atoms with van der Waals surface area (Å²) < 4.78 is 0. The third-order valence-electron chi connectivity index (χ3n) is 5.13. The second-order valence-corrected chi connectivity index (χ2v) is 8.14. The second kappa shape index (κ2) is 8.65. The maximum Gasteiger partial charge on any atom is 0.230 e. The topological polar surface area (TPSA) is 65.5 Å². The smallest absolute Gasteiger partial charge is 0.230 e. The summed E-state index contributed by atoms with van der Waals surface area (Å²) in [5, 5.41) is 13.3. The van der Waals surface area contributed by atoms with Crippen LogP contribution in [0.1, 0.15) is 5.56 Å². The maximum absolute atomic E-state index is 12.8. The van der Waals surface area contributed by atoms with Gasteiger partial charge in [0.2, 0.25) is 5.91 Å². The first-order chi connectivity index (χ1) is 13.7. The predicted molar refractivity (Wildman–Crippen MR) is 112 cm³/mol. The zero-order valence-electron chi connectivity index (χ0n) is 15.5. The number of likely N-dealkylation sites (tertiary alicyclic amines) is 1. The standard InChI is InChI=1S/C22H23N3O2S/c26-15-18-13-25(12-16-7-3-1-4-8-16)14-19(18)21(27)24-22-23-11-20(28-22)17-9-5-2-6-10-17/h1-11,18-19,26H,12-15H2,(H,23,24,27)/t18-,19+/m1/s1. The predicted octanol–water partition coefficient (Wildman–Crippen LogP) is 3.49. The van der Waals surface area contributed by atoms with Crippen LogP contribution in [0.4, 0.5) is 5.13 Å². The zero-order chi connectivity index (χ0) is 19.3. The van der Waals surface area contributed by atoms with Crippen LogP contribution in [-0.2, 0) is 11.3 Å². The normalized spacial score (nSPS) is 19.6. The van der Waals surface area contributed by atoms with Gasteiger partial charge in [-0.1, -0.05) is 72.0 Å². The molecule has 0 saturated carbocycles. The number of aliphatic hydroxyl groups is 1. The summed E-state index contributed by atoms with van der Waals surface area (Å²) in [5.74, 6) is -0.362. The highest BCUT2D eigenvalue weighted by atomic mass is 32.1. The molecule has 6 heteroatoms. The molecule has 2 heterocycles. The van der Waals surface area contributed by atoms with E-state index in [1.54, 1.807) is 6.20 Å². The molecule has 2 atom stereocenters. The van der Waals surface area contributed by atoms with E-state index in [9.17, 15) is 9.90 Å². The van der Waals surface area contributed by atoms with Crippen LogP contribution in [0, 0.1) is 11.8 Å². The van der Waals surface area contributed by atoms with E-state index in [1.165, 1.54) is 16.9 Å². The van der Waals surface area contributed by atoms with Crippen molar-refractivity contribution in [2.45, 2.75) is 6.54 Å². The molecule has 1 aliphatic rings. The molecule has 1 saturated heterocycles. The molecule has 1 fully saturated rings. The molecule has 3 aromatic rings. The number of anilines is 1. The Bertz CT molecular complexity index is 914. The fraction of sp³-hybridized carbons (Fsp3) is 0.273. The van der Waals surface area contributed by atoms with Crippen LogP contribution in [0.25, 0.3) is 10.4 Å². The van der Waals surface area contributed by atoms with Crippen LogP contribution in [0.2, 0.25) is 0 Å². The third-order valence-corrected chi connectivity index (χ3v) is 6.09. The van der Waals surface area contributed by atoms with Crippen molar-refractivity contribution in [3.05, 3.63) is 72.4 Å². The lowest BCUT2D eigenvalue weighted by atomic mass is 9.96. The van der Waals surface area contributed by atoms with Gasteiger partial charge in [0.15, 0.2) is 5.13 Å². The molecular formula is C22H23N3O2S. The molecule has 28 heavy (non-hydrogen) atoms. The van der Waals surface area contributed by atoms with Gasteiger partial charge in [-0.2, -0.15) is 0 Å². The van der Waals surface area contributed by atoms with E-state index < -0.39 is 0 Å². The quantitative estimate of drug-likeness (QED) is 0.673. The van der Waals surface area contributed by atoms with Crippen LogP contribution >= 0.6 is 11.3 Å². The number of hydrogen-bond acceptors (Lipinski definition) is 5. The zero-order valence-corrected chi connectivity index (χ0v) is 16.3. The number of carbonyl (C=O) groups is 1. The molecule has 0 bridgehead atoms. The van der Waals surface area contributed by atoms with E-state index >= 15 is 0 Å². The highest BCUT2D eigenvalue weighted by Gasteiger charge is 2.37. The molecule has 4 rings (SSSR count). The SMILES string of the molecule is O=C(Nc1ncc(-c2ccccc2)s1)[C@H]1CN(Cc2ccccc2)C[C@@H]1CO. The molecule has 0 aliphatic carbocycles. The van der Waals surface area contributed by atoms with E-state index in [0.29, 0.717) is 11.7 Å². The molecule has 0 radical (unpaired) electrons. The summed E-state index contributed by atoms with van der Waals surface area (Å²) in [4.78, 5) is 20.5. The van der Waals surface area contributed by atoms with E-state index in [-0.39, 0.29) is 24.3 Å². The van der Waals surface area contributed by atoms with Gasteiger partial charge in [0.05, 0.1) is 10.8 Å². The van der Waals surface area contributed by atoms with Crippen molar-refractivity contribution in [3.63, 3.8) is 0 Å². The first-order valence-corrected chi connectivity index (χ1v) is 10.2. The Morgan fingerprint density at radius 3 is 2.54 bits per heavy atom. The van der Waals surface area contributed by atoms with E-state index in [1.807, 2.05) is 48.5 Å². The van der Waals surface area contributed by atoms with E-state index in [0.717, 1.165) is 23.5 Å². The molecule has 144 valence electrons. The average molecular weight is 394 g/mol. The lowest BCUT2D eigenvalue weighted by Gasteiger charge is -2.15. The number of benzene rings is 2. The minimum atomic E-state index is -0.238. The largest absolute Gasteiger partial charge is 0.396 e. The van der Waals surface area contributed by atoms with Crippen LogP contribution in [0.15, 0.2) is 66.9 Å². The summed E-state index contributed by atoms with van der Waals surface area (Å²) in [7, 11) is 0. The summed E-state index contributed by atoms with van der Waals surface area (Å²) >= 11 is 1.47. The molecule has 5 nitrogen and oxygen atoms in total. The molecule has 1 aliphatic heterocycles. The highest BCUT2D eigenvalue weighted by Crippen LogP contribution is 2.30. The van der Waals surface area contributed by atoms with Crippen molar-refractivity contribution in [2.75, 3.05) is 25.0 Å². The van der Waals surface area contributed by atoms with Crippen molar-refractivity contribution in [2.24, 2.45) is 11.8 Å². The Labute approximate surface area is 168 Å². The fourth-order valence-corrected chi connectivity index (χ4v) is 4.50. The average Bonchev–Trinajstić information content (AvgIpc) is 3.36. The lowest BCUT2D eigenvalue weighted by Crippen LogP contribution is -2.30. The van der Waals surface area contributed by atoms with E-state index in [2.05, 4.69) is 27.3 Å². The van der Waals surface area contributed by atoms with Crippen molar-refractivity contribution in [1.29, 1.82) is 0 Å². The summed E-state index contributed by atoms with van der Waals surface area (Å²) in [6.07, 6.45) is 1.79. The minimum Gasteiger partial charge on any atom is -0.396 e. The van der Waals surface area contributed by atoms with Gasteiger partial charge in [0.1, 0.15) is 0 Å². The molecule has 0 unspecified atom stereocenters. The van der Waals surface area contributed by atoms with Crippen LogP contribution in [0.3, 0.4) is 0 Å². The van der Waals surface area contributed by atoms with Gasteiger partial charge in [-0.3, -0.25) is 9.69 Å². The van der Waals surface area contributed by atoms with Crippen molar-refractivity contribution in [3.8, 4) is 10.4 Å². The van der Waals surface area contributed by atoms with Gasteiger partial charge >= 0.3 is 0 Å². The minimum absolute atomic E-state index is 0.0104. The monoisotopic (exact) mass is 393 g/mol. The second-order valence-electron chi connectivity index (χ2n) is 7.11. The molecular weight excluding hydrogens is 370 g/mol. The fourth-order valence-electron chi connectivity index (χ4n) is 3.68. The van der Waals surface area contributed by atoms with Crippen molar-refractivity contribution >= 4 is 22.4 Å². The number of aromatic nitrogens is 1. The van der Waals surface area contributed by atoms with Gasteiger partial charge in [-0.25, -0.2) is 4.98 Å². The molecule has 2 N–H and O–H groups in total. The number of hydrogen-bond donors (Lipinski definition) is 2. The number of amides is 1. The van der Waals surface area contributed by atoms with Gasteiger partial charge < -0.3 is 10.4 Å². The Morgan fingerprint density at radius 2 is 1.82 bits per heavy atom. The Morgan fingerprint density at radius 1 is 1.11 bits per heavy atom. The van der Waals surface area contributed by atoms with Gasteiger partial charge in [0, 0.05) is 38.4 Å². The first-order valence-electron chi connectivity index (χ1n) is 9.42. The number of nitrogens with one attached hydrogen (secondary N) is 1. The van der Waals surface area contributed by atoms with Crippen molar-refractivity contribution in [1.82, 2.24) is 9.88 Å². The molecule has 1 amide bonds. The van der Waals surface area contributed by atoms with Gasteiger partial charge in [0.25, 0.3) is 0 Å². The van der Waals surface area contributed by atoms with Crippen molar-refractivity contribution < 1.29 is 9.90 Å². The molecule has 1 aromatic heterocycles. The van der Waals surface area contributed by atoms with Crippen LogP contribution in [-0.4, -0.2) is 40.6 Å². The number of rotatable bonds is 6. The molecule has 2 aromatic carbocycles. The number of thiazole rings is 1. The lowest BCUT2D eigenvalue weighted by molar-refractivity contribution is -0.120. The Balaban J connectivity index is 1.40. The first kappa shape index (κ1) is 18.8. The third kappa shape index (κ3) is 4.30. The number of aliphatic hydroxyl groups excluding tert-OH is 1. The summed E-state index contributed by atoms with van der Waals surface area (Å²) in [6.45, 7) is 2.16.